The van der Waals surface area contributed by atoms with Gasteiger partial charge in [0.2, 0.25) is 0 Å². The highest BCUT2D eigenvalue weighted by molar-refractivity contribution is 5.94. The average Bonchev–Trinajstić information content (AvgIpc) is 3.10. The van der Waals surface area contributed by atoms with Gasteiger partial charge in [0.05, 0.1) is 24.0 Å². The Kier molecular flexibility index (Phi) is 25.3. The maximum Gasteiger partial charge on any atom is 0.149 e. The van der Waals surface area contributed by atoms with Gasteiger partial charge in [-0.05, 0) is 38.5 Å². The monoisotopic (exact) mass is 687 g/mol. The van der Waals surface area contributed by atoms with Crippen molar-refractivity contribution in [3.05, 3.63) is 0 Å². The fourth-order valence-electron chi connectivity index (χ4n) is 9.52. The van der Waals surface area contributed by atoms with Crippen molar-refractivity contribution in [3.63, 3.8) is 0 Å². The van der Waals surface area contributed by atoms with E-state index in [1.165, 1.54) is 154 Å². The van der Waals surface area contributed by atoms with Crippen LogP contribution in [0.15, 0.2) is 0 Å². The first-order valence-corrected chi connectivity index (χ1v) is 22.6. The SMILES string of the molecule is CCCCCCCCCC1CC2(CCCCCCCCC)COCC(CCCCCCCCC)(CC(CCCCCCCCC)C1=O)C2=O. The molecule has 1 saturated carbocycles. The molecule has 0 aromatic carbocycles. The van der Waals surface area contributed by atoms with Crippen molar-refractivity contribution in [2.75, 3.05) is 13.2 Å². The van der Waals surface area contributed by atoms with Crippen molar-refractivity contribution in [3.8, 4) is 0 Å². The Morgan fingerprint density at radius 1 is 0.429 bits per heavy atom. The van der Waals surface area contributed by atoms with E-state index in [1.807, 2.05) is 0 Å². The van der Waals surface area contributed by atoms with Gasteiger partial charge in [-0.25, -0.2) is 0 Å². The van der Waals surface area contributed by atoms with Gasteiger partial charge in [0.1, 0.15) is 11.6 Å². The smallest absolute Gasteiger partial charge is 0.149 e. The third-order valence-corrected chi connectivity index (χ3v) is 12.6. The number of carbonyl (C=O) groups is 2. The van der Waals surface area contributed by atoms with Crippen molar-refractivity contribution in [2.45, 2.75) is 246 Å². The normalized spacial score (nSPS) is 24.3. The molecule has 1 aliphatic carbocycles. The highest BCUT2D eigenvalue weighted by Crippen LogP contribution is 2.52. The number of rotatable bonds is 32. The summed E-state index contributed by atoms with van der Waals surface area (Å²) in [6, 6.07) is 0. The van der Waals surface area contributed by atoms with Crippen LogP contribution in [0.4, 0.5) is 0 Å². The molecule has 1 heterocycles. The third kappa shape index (κ3) is 17.1. The highest BCUT2D eigenvalue weighted by atomic mass is 16.5. The maximum absolute atomic E-state index is 15.2. The summed E-state index contributed by atoms with van der Waals surface area (Å²) < 4.78 is 6.63. The minimum atomic E-state index is -0.450. The van der Waals surface area contributed by atoms with Crippen molar-refractivity contribution < 1.29 is 14.3 Å². The summed E-state index contributed by atoms with van der Waals surface area (Å²) in [7, 11) is 0. The van der Waals surface area contributed by atoms with E-state index in [0.717, 1.165) is 64.2 Å². The van der Waals surface area contributed by atoms with Crippen LogP contribution in [-0.4, -0.2) is 24.8 Å². The molecule has 0 radical (unpaired) electrons. The zero-order valence-electron chi connectivity index (χ0n) is 33.8. The molecule has 0 aromatic heterocycles. The Morgan fingerprint density at radius 2 is 0.714 bits per heavy atom. The van der Waals surface area contributed by atoms with E-state index in [1.54, 1.807) is 0 Å². The van der Waals surface area contributed by atoms with Crippen molar-refractivity contribution in [2.24, 2.45) is 22.7 Å². The first kappa shape index (κ1) is 44.5. The number of Topliss-reactive ketones (excluding diaryl/α,β-unsaturated/α-hetero) is 2. The predicted molar refractivity (Wildman–Crippen MR) is 212 cm³/mol. The lowest BCUT2D eigenvalue weighted by Crippen LogP contribution is -2.57. The summed E-state index contributed by atoms with van der Waals surface area (Å²) in [6.45, 7) is 10.2. The molecule has 1 aliphatic heterocycles. The molecule has 3 nitrogen and oxygen atoms in total. The minimum Gasteiger partial charge on any atom is -0.379 e. The van der Waals surface area contributed by atoms with Crippen LogP contribution in [0, 0.1) is 22.7 Å². The lowest BCUT2D eigenvalue weighted by atomic mass is 9.55. The van der Waals surface area contributed by atoms with E-state index in [9.17, 15) is 4.79 Å². The van der Waals surface area contributed by atoms with Crippen LogP contribution in [-0.2, 0) is 14.3 Å². The van der Waals surface area contributed by atoms with Crippen LogP contribution < -0.4 is 0 Å². The lowest BCUT2D eigenvalue weighted by molar-refractivity contribution is -0.171. The summed E-state index contributed by atoms with van der Waals surface area (Å²) in [5.74, 6) is 1.15. The zero-order chi connectivity index (χ0) is 35.5. The number of ether oxygens (including phenoxy) is 1. The fourth-order valence-corrected chi connectivity index (χ4v) is 9.52. The van der Waals surface area contributed by atoms with Crippen molar-refractivity contribution in [1.29, 1.82) is 0 Å². The molecule has 2 aliphatic rings. The predicted octanol–water partition coefficient (Wildman–Crippen LogP) is 14.7. The van der Waals surface area contributed by atoms with E-state index in [4.69, 9.17) is 4.74 Å². The Labute approximate surface area is 307 Å². The topological polar surface area (TPSA) is 43.4 Å². The largest absolute Gasteiger partial charge is 0.379 e. The molecule has 288 valence electrons. The summed E-state index contributed by atoms with van der Waals surface area (Å²) in [4.78, 5) is 29.9. The van der Waals surface area contributed by atoms with Crippen LogP contribution >= 0.6 is 0 Å². The van der Waals surface area contributed by atoms with Gasteiger partial charge in [-0.1, -0.05) is 207 Å². The summed E-state index contributed by atoms with van der Waals surface area (Å²) in [5.41, 5.74) is -0.900. The fraction of sp³-hybridized carbons (Fsp3) is 0.957. The van der Waals surface area contributed by atoms with Crippen LogP contribution in [0.5, 0.6) is 0 Å². The average molecular weight is 687 g/mol. The Morgan fingerprint density at radius 3 is 1.04 bits per heavy atom. The first-order valence-electron chi connectivity index (χ1n) is 22.6. The lowest BCUT2D eigenvalue weighted by Gasteiger charge is -2.51. The van der Waals surface area contributed by atoms with Gasteiger partial charge in [-0.15, -0.1) is 0 Å². The van der Waals surface area contributed by atoms with Crippen LogP contribution in [0.3, 0.4) is 0 Å². The number of hydrogen-bond donors (Lipinski definition) is 0. The number of fused-ring (bicyclic) bond motifs is 2. The van der Waals surface area contributed by atoms with Gasteiger partial charge in [0, 0.05) is 11.8 Å². The quantitative estimate of drug-likeness (QED) is 0.0662. The zero-order valence-corrected chi connectivity index (χ0v) is 33.8. The molecule has 0 amide bonds. The molecule has 1 saturated heterocycles. The molecule has 0 aromatic rings. The summed E-state index contributed by atoms with van der Waals surface area (Å²) >= 11 is 0. The van der Waals surface area contributed by atoms with Gasteiger partial charge in [-0.3, -0.25) is 9.59 Å². The first-order chi connectivity index (χ1) is 24.0. The van der Waals surface area contributed by atoms with E-state index in [-0.39, 0.29) is 11.8 Å². The van der Waals surface area contributed by atoms with Gasteiger partial charge < -0.3 is 4.74 Å². The standard InChI is InChI=1S/C46H86O3/c1-5-9-13-17-21-25-29-33-41-37-45(35-31-27-23-19-15-11-7-3)39-49-40-46(44(45)48,36-32-28-24-20-16-12-8-4)38-42(43(41)47)34-30-26-22-18-14-10-6-2/h41-42H,5-40H2,1-4H3. The number of ketones is 2. The summed E-state index contributed by atoms with van der Waals surface area (Å²) in [6.07, 6.45) is 40.9. The van der Waals surface area contributed by atoms with Gasteiger partial charge >= 0.3 is 0 Å². The molecule has 2 bridgehead atoms. The van der Waals surface area contributed by atoms with Crippen molar-refractivity contribution >= 4 is 11.6 Å². The second-order valence-electron chi connectivity index (χ2n) is 17.1. The van der Waals surface area contributed by atoms with Gasteiger partial charge in [-0.2, -0.15) is 0 Å². The number of hydrogen-bond acceptors (Lipinski definition) is 3. The number of carbonyl (C=O) groups excluding carboxylic acids is 2. The molecule has 49 heavy (non-hydrogen) atoms. The summed E-state index contributed by atoms with van der Waals surface area (Å²) in [5, 5.41) is 0. The molecular weight excluding hydrogens is 601 g/mol. The second-order valence-corrected chi connectivity index (χ2v) is 17.1. The van der Waals surface area contributed by atoms with Gasteiger partial charge in [0.25, 0.3) is 0 Å². The van der Waals surface area contributed by atoms with Gasteiger partial charge in [0.15, 0.2) is 0 Å². The minimum absolute atomic E-state index is 0.0389. The van der Waals surface area contributed by atoms with Crippen LogP contribution in [0.25, 0.3) is 0 Å². The molecule has 4 unspecified atom stereocenters. The molecule has 2 rings (SSSR count). The second kappa shape index (κ2) is 27.9. The van der Waals surface area contributed by atoms with E-state index in [0.29, 0.717) is 24.8 Å². The Hall–Kier alpha value is -0.700. The molecular formula is C46H86O3. The molecule has 0 spiro atoms. The molecule has 0 N–H and O–H groups in total. The molecule has 4 atom stereocenters. The highest BCUT2D eigenvalue weighted by Gasteiger charge is 2.57. The number of unbranched alkanes of at least 4 members (excludes halogenated alkanes) is 24. The Bertz CT molecular complexity index is 759. The molecule has 3 heteroatoms. The van der Waals surface area contributed by atoms with Crippen molar-refractivity contribution in [1.82, 2.24) is 0 Å². The van der Waals surface area contributed by atoms with Crippen LogP contribution in [0.1, 0.15) is 246 Å². The van der Waals surface area contributed by atoms with E-state index < -0.39 is 10.8 Å². The van der Waals surface area contributed by atoms with E-state index in [2.05, 4.69) is 27.7 Å². The maximum atomic E-state index is 15.2. The van der Waals surface area contributed by atoms with E-state index >= 15 is 4.79 Å². The molecule has 2 fully saturated rings. The van der Waals surface area contributed by atoms with Crippen LogP contribution in [0.2, 0.25) is 0 Å². The Balaban J connectivity index is 2.23. The third-order valence-electron chi connectivity index (χ3n) is 12.6.